The van der Waals surface area contributed by atoms with Crippen molar-refractivity contribution in [3.8, 4) is 0 Å². The van der Waals surface area contributed by atoms with E-state index in [9.17, 15) is 18.7 Å². The molecule has 2 rings (SSSR count). The highest BCUT2D eigenvalue weighted by molar-refractivity contribution is 5.69. The maximum atomic E-state index is 13.4. The van der Waals surface area contributed by atoms with E-state index in [1.54, 1.807) is 20.8 Å². The van der Waals surface area contributed by atoms with Gasteiger partial charge < -0.3 is 9.84 Å². The minimum Gasteiger partial charge on any atom is -0.444 e. The molecule has 1 aromatic rings. The van der Waals surface area contributed by atoms with Gasteiger partial charge in [-0.05, 0) is 44.9 Å². The Morgan fingerprint density at radius 1 is 1.33 bits per heavy atom. The highest BCUT2D eigenvalue weighted by Crippen LogP contribution is 2.34. The Labute approximate surface area is 122 Å². The molecule has 0 bridgehead atoms. The van der Waals surface area contributed by atoms with Gasteiger partial charge in [-0.25, -0.2) is 13.6 Å². The van der Waals surface area contributed by atoms with Crippen LogP contribution in [-0.4, -0.2) is 34.3 Å². The van der Waals surface area contributed by atoms with Gasteiger partial charge in [0.1, 0.15) is 5.60 Å². The van der Waals surface area contributed by atoms with Crippen LogP contribution in [0.1, 0.15) is 38.8 Å². The molecule has 4 nitrogen and oxygen atoms in total. The average Bonchev–Trinajstić information content (AvgIpc) is 2.73. The zero-order valence-corrected chi connectivity index (χ0v) is 12.3. The summed E-state index contributed by atoms with van der Waals surface area (Å²) >= 11 is 0. The maximum absolute atomic E-state index is 13.4. The Hall–Kier alpha value is -1.69. The number of rotatable bonds is 1. The van der Waals surface area contributed by atoms with Crippen LogP contribution in [-0.2, 0) is 4.74 Å². The number of carbonyl (C=O) groups is 1. The van der Waals surface area contributed by atoms with Crippen molar-refractivity contribution in [2.45, 2.75) is 44.9 Å². The number of benzene rings is 1. The number of carbonyl (C=O) groups excluding carboxylic acids is 1. The van der Waals surface area contributed by atoms with Crippen LogP contribution >= 0.6 is 0 Å². The van der Waals surface area contributed by atoms with Crippen molar-refractivity contribution in [2.75, 3.05) is 6.54 Å². The second-order valence-corrected chi connectivity index (χ2v) is 6.21. The molecular formula is C15H19F2NO3. The van der Waals surface area contributed by atoms with E-state index >= 15 is 0 Å². The van der Waals surface area contributed by atoms with Crippen molar-refractivity contribution in [1.82, 2.24) is 4.90 Å². The molecular weight excluding hydrogens is 280 g/mol. The summed E-state index contributed by atoms with van der Waals surface area (Å²) in [6.45, 7) is 5.33. The van der Waals surface area contributed by atoms with Gasteiger partial charge in [0, 0.05) is 0 Å². The first-order chi connectivity index (χ1) is 9.67. The first-order valence-electron chi connectivity index (χ1n) is 6.80. The maximum Gasteiger partial charge on any atom is 0.410 e. The summed E-state index contributed by atoms with van der Waals surface area (Å²) in [7, 11) is 0. The lowest BCUT2D eigenvalue weighted by Gasteiger charge is -2.28. The van der Waals surface area contributed by atoms with Crippen LogP contribution in [0.25, 0.3) is 0 Å². The highest BCUT2D eigenvalue weighted by atomic mass is 19.2. The molecule has 0 spiro atoms. The summed E-state index contributed by atoms with van der Waals surface area (Å²) in [4.78, 5) is 13.5. The number of aliphatic hydroxyl groups excluding tert-OH is 1. The van der Waals surface area contributed by atoms with Gasteiger partial charge in [0.2, 0.25) is 0 Å². The van der Waals surface area contributed by atoms with Crippen LogP contribution in [0.5, 0.6) is 0 Å². The van der Waals surface area contributed by atoms with E-state index < -0.39 is 35.5 Å². The van der Waals surface area contributed by atoms with Gasteiger partial charge in [-0.1, -0.05) is 6.07 Å². The number of likely N-dealkylation sites (tertiary alicyclic amines) is 1. The van der Waals surface area contributed by atoms with Gasteiger partial charge in [0.15, 0.2) is 11.6 Å². The van der Waals surface area contributed by atoms with E-state index in [4.69, 9.17) is 4.74 Å². The summed E-state index contributed by atoms with van der Waals surface area (Å²) in [6, 6.07) is 2.96. The van der Waals surface area contributed by atoms with E-state index in [1.165, 1.54) is 11.0 Å². The van der Waals surface area contributed by atoms with Gasteiger partial charge in [-0.2, -0.15) is 0 Å². The lowest BCUT2D eigenvalue weighted by molar-refractivity contribution is 0.0206. The topological polar surface area (TPSA) is 49.8 Å². The van der Waals surface area contributed by atoms with Crippen LogP contribution < -0.4 is 0 Å². The molecule has 1 aliphatic rings. The monoisotopic (exact) mass is 299 g/mol. The second-order valence-electron chi connectivity index (χ2n) is 6.21. The molecule has 0 saturated carbocycles. The number of hydrogen-bond acceptors (Lipinski definition) is 3. The van der Waals surface area contributed by atoms with E-state index in [-0.39, 0.29) is 13.0 Å². The highest BCUT2D eigenvalue weighted by Gasteiger charge is 2.37. The lowest BCUT2D eigenvalue weighted by atomic mass is 10.0. The Kier molecular flexibility index (Phi) is 4.18. The lowest BCUT2D eigenvalue weighted by Crippen LogP contribution is -2.37. The molecule has 1 aliphatic heterocycles. The summed E-state index contributed by atoms with van der Waals surface area (Å²) < 4.78 is 31.7. The number of hydrogen-bond donors (Lipinski definition) is 1. The van der Waals surface area contributed by atoms with Crippen LogP contribution in [0.2, 0.25) is 0 Å². The average molecular weight is 299 g/mol. The number of nitrogens with zero attached hydrogens (tertiary/aromatic N) is 1. The first-order valence-corrected chi connectivity index (χ1v) is 6.80. The smallest absolute Gasteiger partial charge is 0.410 e. The molecule has 2 unspecified atom stereocenters. The third-order valence-corrected chi connectivity index (χ3v) is 3.24. The molecule has 2 atom stereocenters. The van der Waals surface area contributed by atoms with Crippen molar-refractivity contribution >= 4 is 6.09 Å². The normalized spacial score (nSPS) is 22.5. The number of halogens is 2. The molecule has 1 fully saturated rings. The fraction of sp³-hybridized carbons (Fsp3) is 0.533. The summed E-state index contributed by atoms with van der Waals surface area (Å²) in [5, 5.41) is 9.79. The van der Waals surface area contributed by atoms with E-state index in [2.05, 4.69) is 0 Å². The van der Waals surface area contributed by atoms with Gasteiger partial charge in [-0.3, -0.25) is 4.90 Å². The SMILES string of the molecule is CC(C)(C)OC(=O)N1CC(O)CC1c1ccc(F)c(F)c1. The third kappa shape index (κ3) is 3.69. The first kappa shape index (κ1) is 15.7. The van der Waals surface area contributed by atoms with Crippen LogP contribution in [0, 0.1) is 11.6 Å². The molecule has 0 aliphatic carbocycles. The molecule has 1 saturated heterocycles. The fourth-order valence-electron chi connectivity index (χ4n) is 2.37. The Balaban J connectivity index is 2.24. The van der Waals surface area contributed by atoms with E-state index in [0.29, 0.717) is 5.56 Å². The molecule has 0 radical (unpaired) electrons. The Bertz CT molecular complexity index is 542. The van der Waals surface area contributed by atoms with Gasteiger partial charge in [0.05, 0.1) is 18.7 Å². The zero-order valence-electron chi connectivity index (χ0n) is 12.3. The predicted molar refractivity (Wildman–Crippen MR) is 72.7 cm³/mol. The molecule has 1 aromatic carbocycles. The van der Waals surface area contributed by atoms with Crippen molar-refractivity contribution in [3.05, 3.63) is 35.4 Å². The second kappa shape index (κ2) is 5.60. The van der Waals surface area contributed by atoms with Crippen molar-refractivity contribution < 1.29 is 23.4 Å². The van der Waals surface area contributed by atoms with Crippen molar-refractivity contribution in [1.29, 1.82) is 0 Å². The van der Waals surface area contributed by atoms with Gasteiger partial charge >= 0.3 is 6.09 Å². The van der Waals surface area contributed by atoms with Gasteiger partial charge in [-0.15, -0.1) is 0 Å². The molecule has 1 heterocycles. The minimum atomic E-state index is -0.974. The molecule has 21 heavy (non-hydrogen) atoms. The predicted octanol–water partition coefficient (Wildman–Crippen LogP) is 3.01. The molecule has 116 valence electrons. The summed E-state index contributed by atoms with van der Waals surface area (Å²) in [5.74, 6) is -1.92. The minimum absolute atomic E-state index is 0.110. The van der Waals surface area contributed by atoms with Crippen LogP contribution in [0.15, 0.2) is 18.2 Å². The number of ether oxygens (including phenoxy) is 1. The zero-order chi connectivity index (χ0) is 15.8. The van der Waals surface area contributed by atoms with Crippen LogP contribution in [0.4, 0.5) is 13.6 Å². The number of aliphatic hydroxyl groups is 1. The molecule has 0 aromatic heterocycles. The quantitative estimate of drug-likeness (QED) is 0.867. The van der Waals surface area contributed by atoms with E-state index in [0.717, 1.165) is 12.1 Å². The number of amides is 1. The van der Waals surface area contributed by atoms with Crippen LogP contribution in [0.3, 0.4) is 0 Å². The Morgan fingerprint density at radius 3 is 2.57 bits per heavy atom. The largest absolute Gasteiger partial charge is 0.444 e. The van der Waals surface area contributed by atoms with Crippen molar-refractivity contribution in [2.24, 2.45) is 0 Å². The van der Waals surface area contributed by atoms with Crippen molar-refractivity contribution in [3.63, 3.8) is 0 Å². The standard InChI is InChI=1S/C15H19F2NO3/c1-15(2,3)21-14(20)18-8-10(19)7-13(18)9-4-5-11(16)12(17)6-9/h4-6,10,13,19H,7-8H2,1-3H3. The molecule has 1 N–H and O–H groups in total. The Morgan fingerprint density at radius 2 is 2.00 bits per heavy atom. The summed E-state index contributed by atoms with van der Waals surface area (Å²) in [5.41, 5.74) is -0.222. The molecule has 6 heteroatoms. The number of β-amino-alcohol motifs (C(OH)–C–C–N with tert-alkyl or cyclic N) is 1. The summed E-state index contributed by atoms with van der Waals surface area (Å²) in [6.07, 6.45) is -1.02. The third-order valence-electron chi connectivity index (χ3n) is 3.24. The fourth-order valence-corrected chi connectivity index (χ4v) is 2.37. The molecule has 1 amide bonds. The van der Waals surface area contributed by atoms with Gasteiger partial charge in [0.25, 0.3) is 0 Å². The van der Waals surface area contributed by atoms with E-state index in [1.807, 2.05) is 0 Å².